The first-order chi connectivity index (χ1) is 5.65. The largest absolute Gasteiger partial charge is 0.397 e. The molecule has 1 heterocycles. The van der Waals surface area contributed by atoms with Gasteiger partial charge in [0.05, 0.1) is 24.2 Å². The summed E-state index contributed by atoms with van der Waals surface area (Å²) in [5, 5.41) is 8.59. The van der Waals surface area contributed by atoms with Crippen LogP contribution in [0.5, 0.6) is 0 Å². The Bertz CT molecular complexity index is 278. The van der Waals surface area contributed by atoms with Crippen molar-refractivity contribution in [2.24, 2.45) is 0 Å². The zero-order valence-corrected chi connectivity index (χ0v) is 6.17. The second-order valence-corrected chi connectivity index (χ2v) is 2.26. The summed E-state index contributed by atoms with van der Waals surface area (Å²) < 4.78 is 24.3. The Morgan fingerprint density at radius 2 is 2.25 bits per heavy atom. The van der Waals surface area contributed by atoms with E-state index in [1.165, 1.54) is 0 Å². The Hall–Kier alpha value is -1.23. The zero-order chi connectivity index (χ0) is 9.14. The second kappa shape index (κ2) is 3.44. The average Bonchev–Trinajstić information content (AvgIpc) is 2.05. The number of rotatable bonds is 2. The molecule has 0 saturated heterocycles. The molecule has 1 aromatic heterocycles. The van der Waals surface area contributed by atoms with E-state index in [0.717, 1.165) is 12.3 Å². The van der Waals surface area contributed by atoms with Gasteiger partial charge in [0, 0.05) is 5.56 Å². The number of halogens is 2. The van der Waals surface area contributed by atoms with E-state index in [1.54, 1.807) is 0 Å². The lowest BCUT2D eigenvalue weighted by molar-refractivity contribution is 0.151. The fourth-order valence-corrected chi connectivity index (χ4v) is 0.803. The maximum absolute atomic E-state index is 12.2. The van der Waals surface area contributed by atoms with Gasteiger partial charge in [-0.2, -0.15) is 0 Å². The molecule has 5 heteroatoms. The van der Waals surface area contributed by atoms with Crippen LogP contribution in [-0.4, -0.2) is 10.1 Å². The minimum Gasteiger partial charge on any atom is -0.397 e. The molecule has 3 N–H and O–H groups in total. The number of nitrogens with zero attached hydrogens (tertiary/aromatic N) is 1. The molecule has 3 nitrogen and oxygen atoms in total. The van der Waals surface area contributed by atoms with Gasteiger partial charge < -0.3 is 10.8 Å². The SMILES string of the molecule is Nc1cnc(CO)cc1C(F)F. The highest BCUT2D eigenvalue weighted by Gasteiger charge is 2.11. The van der Waals surface area contributed by atoms with Gasteiger partial charge in [-0.05, 0) is 6.07 Å². The molecule has 0 unspecified atom stereocenters. The quantitative estimate of drug-likeness (QED) is 0.705. The van der Waals surface area contributed by atoms with Crippen LogP contribution >= 0.6 is 0 Å². The molecule has 1 aromatic rings. The van der Waals surface area contributed by atoms with Gasteiger partial charge in [0.1, 0.15) is 0 Å². The Morgan fingerprint density at radius 1 is 1.58 bits per heavy atom. The topological polar surface area (TPSA) is 59.1 Å². The predicted molar refractivity (Wildman–Crippen MR) is 39.5 cm³/mol. The summed E-state index contributed by atoms with van der Waals surface area (Å²) in [5.74, 6) is 0. The third-order valence-corrected chi connectivity index (χ3v) is 1.42. The summed E-state index contributed by atoms with van der Waals surface area (Å²) in [6.07, 6.45) is -1.51. The van der Waals surface area contributed by atoms with Gasteiger partial charge in [-0.3, -0.25) is 4.98 Å². The van der Waals surface area contributed by atoms with Crippen molar-refractivity contribution in [2.45, 2.75) is 13.0 Å². The third kappa shape index (κ3) is 1.68. The predicted octanol–water partition coefficient (Wildman–Crippen LogP) is 1.09. The van der Waals surface area contributed by atoms with Gasteiger partial charge in [-0.25, -0.2) is 8.78 Å². The summed E-state index contributed by atoms with van der Waals surface area (Å²) in [5.41, 5.74) is 5.08. The number of nitrogens with two attached hydrogens (primary N) is 1. The highest BCUT2D eigenvalue weighted by Crippen LogP contribution is 2.24. The van der Waals surface area contributed by atoms with Crippen LogP contribution in [0, 0.1) is 0 Å². The number of alkyl halides is 2. The molecule has 1 rings (SSSR count). The summed E-state index contributed by atoms with van der Waals surface area (Å²) in [6.45, 7) is -0.361. The lowest BCUT2D eigenvalue weighted by atomic mass is 10.2. The Morgan fingerprint density at radius 3 is 2.75 bits per heavy atom. The Labute approximate surface area is 67.8 Å². The van der Waals surface area contributed by atoms with Gasteiger partial charge in [-0.15, -0.1) is 0 Å². The molecule has 0 aliphatic carbocycles. The van der Waals surface area contributed by atoms with Crippen LogP contribution in [0.3, 0.4) is 0 Å². The molecule has 0 aliphatic rings. The van der Waals surface area contributed by atoms with Crippen LogP contribution in [0.15, 0.2) is 12.3 Å². The molecule has 0 amide bonds. The van der Waals surface area contributed by atoms with Gasteiger partial charge in [0.15, 0.2) is 0 Å². The highest BCUT2D eigenvalue weighted by atomic mass is 19.3. The fourth-order valence-electron chi connectivity index (χ4n) is 0.803. The van der Waals surface area contributed by atoms with Crippen molar-refractivity contribution in [3.63, 3.8) is 0 Å². The minimum absolute atomic E-state index is 0.0535. The summed E-state index contributed by atoms with van der Waals surface area (Å²) in [7, 11) is 0. The van der Waals surface area contributed by atoms with Crippen molar-refractivity contribution < 1.29 is 13.9 Å². The van der Waals surface area contributed by atoms with E-state index >= 15 is 0 Å². The van der Waals surface area contributed by atoms with Crippen molar-refractivity contribution in [3.8, 4) is 0 Å². The van der Waals surface area contributed by atoms with E-state index in [0.29, 0.717) is 0 Å². The maximum atomic E-state index is 12.2. The van der Waals surface area contributed by atoms with E-state index in [2.05, 4.69) is 4.98 Å². The molecule has 0 aliphatic heterocycles. The van der Waals surface area contributed by atoms with Crippen molar-refractivity contribution in [1.82, 2.24) is 4.98 Å². The first-order valence-corrected chi connectivity index (χ1v) is 3.28. The van der Waals surface area contributed by atoms with Crippen molar-refractivity contribution in [2.75, 3.05) is 5.73 Å². The Balaban J connectivity index is 3.08. The third-order valence-electron chi connectivity index (χ3n) is 1.42. The van der Waals surface area contributed by atoms with Crippen LogP contribution < -0.4 is 5.73 Å². The summed E-state index contributed by atoms with van der Waals surface area (Å²) >= 11 is 0. The highest BCUT2D eigenvalue weighted by molar-refractivity contribution is 5.45. The van der Waals surface area contributed by atoms with Crippen molar-refractivity contribution in [1.29, 1.82) is 0 Å². The monoisotopic (exact) mass is 174 g/mol. The Kier molecular flexibility index (Phi) is 2.54. The van der Waals surface area contributed by atoms with Crippen molar-refractivity contribution >= 4 is 5.69 Å². The molecular weight excluding hydrogens is 166 g/mol. The van der Waals surface area contributed by atoms with Crippen LogP contribution in [0.4, 0.5) is 14.5 Å². The lowest BCUT2D eigenvalue weighted by Crippen LogP contribution is -1.99. The van der Waals surface area contributed by atoms with Crippen molar-refractivity contribution in [3.05, 3.63) is 23.5 Å². The first-order valence-electron chi connectivity index (χ1n) is 3.28. The number of anilines is 1. The molecule has 66 valence electrons. The molecule has 0 aromatic carbocycles. The number of aromatic nitrogens is 1. The molecule has 0 atom stereocenters. The number of nitrogen functional groups attached to an aromatic ring is 1. The lowest BCUT2D eigenvalue weighted by Gasteiger charge is -2.04. The van der Waals surface area contributed by atoms with E-state index < -0.39 is 6.43 Å². The molecule has 0 radical (unpaired) electrons. The van der Waals surface area contributed by atoms with E-state index in [9.17, 15) is 8.78 Å². The van der Waals surface area contributed by atoms with E-state index in [4.69, 9.17) is 10.8 Å². The molecule has 12 heavy (non-hydrogen) atoms. The van der Waals surface area contributed by atoms with Gasteiger partial charge in [0.2, 0.25) is 0 Å². The minimum atomic E-state index is -2.63. The number of aliphatic hydroxyl groups is 1. The molecule has 0 fully saturated rings. The molecule has 0 bridgehead atoms. The molecule has 0 saturated carbocycles. The van der Waals surface area contributed by atoms with E-state index in [-0.39, 0.29) is 23.6 Å². The van der Waals surface area contributed by atoms with Gasteiger partial charge in [0.25, 0.3) is 6.43 Å². The van der Waals surface area contributed by atoms with E-state index in [1.807, 2.05) is 0 Å². The number of pyridine rings is 1. The average molecular weight is 174 g/mol. The zero-order valence-electron chi connectivity index (χ0n) is 6.17. The van der Waals surface area contributed by atoms with Crippen LogP contribution in [-0.2, 0) is 6.61 Å². The number of aliphatic hydroxyl groups excluding tert-OH is 1. The number of hydrogen-bond acceptors (Lipinski definition) is 3. The fraction of sp³-hybridized carbons (Fsp3) is 0.286. The van der Waals surface area contributed by atoms with Gasteiger partial charge in [-0.1, -0.05) is 0 Å². The standard InChI is InChI=1S/C7H8F2N2O/c8-7(9)5-1-4(3-12)11-2-6(5)10/h1-2,7,12H,3,10H2. The molecular formula is C7H8F2N2O. The maximum Gasteiger partial charge on any atom is 0.265 e. The first kappa shape index (κ1) is 8.86. The summed E-state index contributed by atoms with van der Waals surface area (Å²) in [4.78, 5) is 3.63. The normalized spacial score (nSPS) is 10.7. The number of hydrogen-bond donors (Lipinski definition) is 2. The van der Waals surface area contributed by atoms with Crippen LogP contribution in [0.25, 0.3) is 0 Å². The summed E-state index contributed by atoms with van der Waals surface area (Å²) in [6, 6.07) is 1.10. The molecule has 0 spiro atoms. The second-order valence-electron chi connectivity index (χ2n) is 2.26. The smallest absolute Gasteiger partial charge is 0.265 e. The van der Waals surface area contributed by atoms with Crippen LogP contribution in [0.2, 0.25) is 0 Å². The van der Waals surface area contributed by atoms with Gasteiger partial charge >= 0.3 is 0 Å². The van der Waals surface area contributed by atoms with Crippen LogP contribution in [0.1, 0.15) is 17.7 Å².